The summed E-state index contributed by atoms with van der Waals surface area (Å²) in [5.74, 6) is -2.66. The molecule has 1 aliphatic carbocycles. The van der Waals surface area contributed by atoms with E-state index in [1.165, 1.54) is 19.1 Å². The van der Waals surface area contributed by atoms with Crippen LogP contribution in [0.5, 0.6) is 17.2 Å². The number of hydrogen-bond acceptors (Lipinski definition) is 10. The molecule has 1 atom stereocenters. The molecule has 1 aliphatic rings. The van der Waals surface area contributed by atoms with Crippen LogP contribution in [0.15, 0.2) is 42.5 Å². The molecule has 10 heteroatoms. The van der Waals surface area contributed by atoms with E-state index >= 15 is 0 Å². The summed E-state index contributed by atoms with van der Waals surface area (Å²) in [6, 6.07) is 11.3. The number of rotatable bonds is 10. The van der Waals surface area contributed by atoms with Crippen molar-refractivity contribution in [2.45, 2.75) is 52.7 Å². The van der Waals surface area contributed by atoms with Crippen LogP contribution < -0.4 is 14.2 Å². The summed E-state index contributed by atoms with van der Waals surface area (Å²) in [6.45, 7) is 4.15. The summed E-state index contributed by atoms with van der Waals surface area (Å²) in [7, 11) is 0. The number of ether oxygens (including phenoxy) is 5. The van der Waals surface area contributed by atoms with E-state index in [-0.39, 0.29) is 47.2 Å². The number of hydrogen-bond donors (Lipinski definition) is 1. The van der Waals surface area contributed by atoms with E-state index < -0.39 is 24.2 Å². The fourth-order valence-corrected chi connectivity index (χ4v) is 4.14. The van der Waals surface area contributed by atoms with Gasteiger partial charge in [0, 0.05) is 13.8 Å². The van der Waals surface area contributed by atoms with Gasteiger partial charge in [-0.3, -0.25) is 9.59 Å². The number of benzene rings is 2. The van der Waals surface area contributed by atoms with E-state index in [9.17, 15) is 24.3 Å². The molecule has 1 unspecified atom stereocenters. The molecular weight excluding hydrogens is 496 g/mol. The van der Waals surface area contributed by atoms with E-state index in [0.717, 1.165) is 39.5 Å². The molecule has 0 aromatic heterocycles. The van der Waals surface area contributed by atoms with Crippen LogP contribution in [0.1, 0.15) is 67.2 Å². The minimum absolute atomic E-state index is 0.0167. The molecule has 0 amide bonds. The van der Waals surface area contributed by atoms with Crippen LogP contribution in [0.2, 0.25) is 0 Å². The smallest absolute Gasteiger partial charge is 0.338 e. The predicted octanol–water partition coefficient (Wildman–Crippen LogP) is 4.07. The lowest BCUT2D eigenvalue weighted by atomic mass is 9.83. The van der Waals surface area contributed by atoms with Crippen LogP contribution in [0.3, 0.4) is 0 Å². The summed E-state index contributed by atoms with van der Waals surface area (Å²) in [6.07, 6.45) is 1.97. The maximum absolute atomic E-state index is 12.8. The summed E-state index contributed by atoms with van der Waals surface area (Å²) in [5.41, 5.74) is 0.504. The van der Waals surface area contributed by atoms with Gasteiger partial charge in [0.15, 0.2) is 17.8 Å². The first-order valence-corrected chi connectivity index (χ1v) is 12.4. The minimum atomic E-state index is -1.31. The van der Waals surface area contributed by atoms with Gasteiger partial charge in [-0.25, -0.2) is 9.59 Å². The topological polar surface area (TPSA) is 135 Å². The Morgan fingerprint density at radius 2 is 1.24 bits per heavy atom. The average molecular weight is 529 g/mol. The Hall–Kier alpha value is -3.92. The van der Waals surface area contributed by atoms with Crippen molar-refractivity contribution < 1.29 is 48.0 Å². The van der Waals surface area contributed by atoms with E-state index in [1.54, 1.807) is 24.3 Å². The summed E-state index contributed by atoms with van der Waals surface area (Å²) in [4.78, 5) is 48.1. The summed E-state index contributed by atoms with van der Waals surface area (Å²) in [5, 5.41) is 9.64. The zero-order valence-electron chi connectivity index (χ0n) is 21.6. The number of carbonyl (C=O) groups is 4. The molecular formula is C28H32O10. The highest BCUT2D eigenvalue weighted by molar-refractivity contribution is 5.92. The molecule has 1 N–H and O–H groups in total. The molecule has 38 heavy (non-hydrogen) atoms. The van der Waals surface area contributed by atoms with Crippen molar-refractivity contribution in [2.24, 2.45) is 11.8 Å². The maximum Gasteiger partial charge on any atom is 0.338 e. The molecule has 0 heterocycles. The van der Waals surface area contributed by atoms with Crippen molar-refractivity contribution in [2.75, 3.05) is 13.2 Å². The number of aliphatic hydroxyl groups excluding tert-OH is 1. The normalized spacial score (nSPS) is 17.6. The van der Waals surface area contributed by atoms with Gasteiger partial charge in [0.05, 0.1) is 24.3 Å². The Morgan fingerprint density at radius 3 is 1.66 bits per heavy atom. The second-order valence-corrected chi connectivity index (χ2v) is 9.16. The number of esters is 4. The highest BCUT2D eigenvalue weighted by Crippen LogP contribution is 2.40. The molecule has 0 spiro atoms. The first kappa shape index (κ1) is 28.6. The van der Waals surface area contributed by atoms with Gasteiger partial charge in [-0.05, 0) is 68.7 Å². The molecule has 2 aromatic rings. The molecule has 1 fully saturated rings. The predicted molar refractivity (Wildman–Crippen MR) is 134 cm³/mol. The van der Waals surface area contributed by atoms with Gasteiger partial charge in [0.2, 0.25) is 5.75 Å². The van der Waals surface area contributed by atoms with E-state index in [2.05, 4.69) is 0 Å². The van der Waals surface area contributed by atoms with Gasteiger partial charge < -0.3 is 28.8 Å². The second kappa shape index (κ2) is 13.6. The van der Waals surface area contributed by atoms with Gasteiger partial charge in [-0.15, -0.1) is 0 Å². The fraction of sp³-hybridized carbons (Fsp3) is 0.429. The first-order valence-electron chi connectivity index (χ1n) is 12.4. The largest absolute Gasteiger partial charge is 0.462 e. The Bertz CT molecular complexity index is 1100. The molecule has 2 aromatic carbocycles. The Morgan fingerprint density at radius 1 is 0.789 bits per heavy atom. The lowest BCUT2D eigenvalue weighted by molar-refractivity contribution is -0.132. The van der Waals surface area contributed by atoms with E-state index in [0.29, 0.717) is 12.2 Å². The van der Waals surface area contributed by atoms with E-state index in [1.807, 2.05) is 6.07 Å². The SMILES string of the molecule is CC(=O)Oc1cc(C(=O)OCC2CCC(COC(=O)c3ccccc3)CC2)cc(OC(C)=O)c1OC(C)O. The van der Waals surface area contributed by atoms with Crippen LogP contribution in [0.4, 0.5) is 0 Å². The number of carbonyl (C=O) groups excluding carboxylic acids is 4. The Balaban J connectivity index is 1.57. The van der Waals surface area contributed by atoms with Crippen LogP contribution in [0.25, 0.3) is 0 Å². The van der Waals surface area contributed by atoms with Gasteiger partial charge >= 0.3 is 23.9 Å². The van der Waals surface area contributed by atoms with Gasteiger partial charge in [0.1, 0.15) is 0 Å². The highest BCUT2D eigenvalue weighted by atomic mass is 16.6. The third kappa shape index (κ3) is 8.58. The van der Waals surface area contributed by atoms with E-state index in [4.69, 9.17) is 23.7 Å². The van der Waals surface area contributed by atoms with Crippen molar-refractivity contribution in [3.63, 3.8) is 0 Å². The lowest BCUT2D eigenvalue weighted by Gasteiger charge is -2.27. The van der Waals surface area contributed by atoms with Crippen LogP contribution >= 0.6 is 0 Å². The zero-order valence-corrected chi connectivity index (χ0v) is 21.6. The Labute approximate surface area is 220 Å². The zero-order chi connectivity index (χ0) is 27.7. The van der Waals surface area contributed by atoms with Crippen molar-refractivity contribution in [3.8, 4) is 17.2 Å². The molecule has 0 radical (unpaired) electrons. The number of aliphatic hydroxyl groups is 1. The van der Waals surface area contributed by atoms with Crippen molar-refractivity contribution in [3.05, 3.63) is 53.6 Å². The summed E-state index contributed by atoms with van der Waals surface area (Å²) < 4.78 is 26.5. The average Bonchev–Trinajstić information content (AvgIpc) is 2.87. The van der Waals surface area contributed by atoms with Gasteiger partial charge in [-0.1, -0.05) is 18.2 Å². The van der Waals surface area contributed by atoms with Crippen molar-refractivity contribution >= 4 is 23.9 Å². The highest BCUT2D eigenvalue weighted by Gasteiger charge is 2.26. The minimum Gasteiger partial charge on any atom is -0.462 e. The third-order valence-corrected chi connectivity index (χ3v) is 5.93. The quantitative estimate of drug-likeness (QED) is 0.273. The Kier molecular flexibility index (Phi) is 10.2. The van der Waals surface area contributed by atoms with Crippen molar-refractivity contribution in [1.82, 2.24) is 0 Å². The molecule has 3 rings (SSSR count). The standard InChI is InChI=1S/C28H32O10/c1-17(29)36-24-13-23(14-25(37-18(2)30)26(24)38-19(3)31)28(33)35-16-21-11-9-20(10-12-21)15-34-27(32)22-7-5-4-6-8-22/h4-8,13-14,19-21,31H,9-12,15-16H2,1-3H3. The van der Waals surface area contributed by atoms with Crippen LogP contribution in [0, 0.1) is 11.8 Å². The molecule has 10 nitrogen and oxygen atoms in total. The molecule has 1 saturated carbocycles. The molecule has 204 valence electrons. The summed E-state index contributed by atoms with van der Waals surface area (Å²) >= 11 is 0. The van der Waals surface area contributed by atoms with Crippen LogP contribution in [-0.4, -0.2) is 48.5 Å². The fourth-order valence-electron chi connectivity index (χ4n) is 4.14. The monoisotopic (exact) mass is 528 g/mol. The lowest BCUT2D eigenvalue weighted by Crippen LogP contribution is -2.24. The van der Waals surface area contributed by atoms with Crippen LogP contribution in [-0.2, 0) is 19.1 Å². The third-order valence-electron chi connectivity index (χ3n) is 5.93. The molecule has 0 bridgehead atoms. The molecule has 0 aliphatic heterocycles. The van der Waals surface area contributed by atoms with Gasteiger partial charge in [-0.2, -0.15) is 0 Å². The molecule has 0 saturated heterocycles. The maximum atomic E-state index is 12.8. The van der Waals surface area contributed by atoms with Gasteiger partial charge in [0.25, 0.3) is 0 Å². The van der Waals surface area contributed by atoms with Crippen molar-refractivity contribution in [1.29, 1.82) is 0 Å². The second-order valence-electron chi connectivity index (χ2n) is 9.16. The first-order chi connectivity index (χ1) is 18.1.